The summed E-state index contributed by atoms with van der Waals surface area (Å²) in [6.45, 7) is 0.872. The highest BCUT2D eigenvalue weighted by Gasteiger charge is 2.26. The van der Waals surface area contributed by atoms with Gasteiger partial charge in [0.05, 0.1) is 10.7 Å². The van der Waals surface area contributed by atoms with E-state index in [2.05, 4.69) is 21.0 Å². The zero-order chi connectivity index (χ0) is 8.55. The van der Waals surface area contributed by atoms with Crippen LogP contribution in [0.3, 0.4) is 0 Å². The predicted octanol–water partition coefficient (Wildman–Crippen LogP) is 1.62. The van der Waals surface area contributed by atoms with Crippen LogP contribution in [-0.4, -0.2) is 15.6 Å². The first-order chi connectivity index (χ1) is 5.74. The van der Waals surface area contributed by atoms with Crippen molar-refractivity contribution in [2.24, 2.45) is 5.92 Å². The van der Waals surface area contributed by atoms with Crippen molar-refractivity contribution in [3.63, 3.8) is 0 Å². The molecule has 0 spiro atoms. The summed E-state index contributed by atoms with van der Waals surface area (Å²) in [5.74, 6) is 0.899. The molecule has 64 valence electrons. The smallest absolute Gasteiger partial charge is 0.133 e. The van der Waals surface area contributed by atoms with Gasteiger partial charge in [0, 0.05) is 25.6 Å². The Kier molecular flexibility index (Phi) is 2.00. The van der Waals surface area contributed by atoms with E-state index < -0.39 is 0 Å². The first kappa shape index (κ1) is 7.98. The molecule has 1 aliphatic carbocycles. The average molecular weight is 229 g/mol. The summed E-state index contributed by atoms with van der Waals surface area (Å²) in [6.07, 6.45) is 5.16. The first-order valence-electron chi connectivity index (χ1n) is 3.93. The Morgan fingerprint density at radius 2 is 2.42 bits per heavy atom. The van der Waals surface area contributed by atoms with Gasteiger partial charge in [-0.05, 0) is 21.8 Å². The Morgan fingerprint density at radius 1 is 1.67 bits per heavy atom. The lowest BCUT2D eigenvalue weighted by Crippen LogP contribution is -2.27. The molecule has 0 amide bonds. The summed E-state index contributed by atoms with van der Waals surface area (Å²) in [6, 6.07) is 0. The highest BCUT2D eigenvalue weighted by molar-refractivity contribution is 9.10. The molecular formula is C8H9BrN2O. The van der Waals surface area contributed by atoms with Crippen molar-refractivity contribution in [1.82, 2.24) is 9.78 Å². The molecule has 12 heavy (non-hydrogen) atoms. The van der Waals surface area contributed by atoms with Crippen LogP contribution in [0.5, 0.6) is 0 Å². The minimum Gasteiger partial charge on any atom is -0.300 e. The van der Waals surface area contributed by atoms with Crippen LogP contribution in [-0.2, 0) is 11.3 Å². The fourth-order valence-electron chi connectivity index (χ4n) is 1.42. The molecule has 1 heterocycles. The van der Waals surface area contributed by atoms with Crippen molar-refractivity contribution in [2.75, 3.05) is 0 Å². The van der Waals surface area contributed by atoms with Crippen LogP contribution in [0.2, 0.25) is 0 Å². The number of nitrogens with zero attached hydrogens (tertiary/aromatic N) is 2. The molecule has 0 aliphatic heterocycles. The minimum absolute atomic E-state index is 0.381. The monoisotopic (exact) mass is 228 g/mol. The van der Waals surface area contributed by atoms with E-state index in [1.54, 1.807) is 6.20 Å². The van der Waals surface area contributed by atoms with Crippen LogP contribution in [0.1, 0.15) is 12.8 Å². The molecule has 4 heteroatoms. The Labute approximate surface area is 78.9 Å². The van der Waals surface area contributed by atoms with E-state index >= 15 is 0 Å². The van der Waals surface area contributed by atoms with Gasteiger partial charge in [-0.15, -0.1) is 0 Å². The van der Waals surface area contributed by atoms with Crippen molar-refractivity contribution in [3.05, 3.63) is 16.9 Å². The molecule has 1 aromatic heterocycles. The van der Waals surface area contributed by atoms with Crippen molar-refractivity contribution in [3.8, 4) is 0 Å². The van der Waals surface area contributed by atoms with Gasteiger partial charge in [0.2, 0.25) is 0 Å². The largest absolute Gasteiger partial charge is 0.300 e. The van der Waals surface area contributed by atoms with Crippen LogP contribution < -0.4 is 0 Å². The number of aromatic nitrogens is 2. The number of halogens is 1. The number of rotatable bonds is 2. The maximum atomic E-state index is 10.7. The van der Waals surface area contributed by atoms with Gasteiger partial charge in [-0.3, -0.25) is 9.48 Å². The van der Waals surface area contributed by atoms with Crippen molar-refractivity contribution in [2.45, 2.75) is 19.4 Å². The Balaban J connectivity index is 1.92. The molecule has 1 aromatic rings. The van der Waals surface area contributed by atoms with E-state index in [0.717, 1.165) is 23.9 Å². The lowest BCUT2D eigenvalue weighted by Gasteiger charge is -2.23. The molecule has 0 radical (unpaired) electrons. The third kappa shape index (κ3) is 1.58. The highest BCUT2D eigenvalue weighted by Crippen LogP contribution is 2.24. The van der Waals surface area contributed by atoms with Gasteiger partial charge in [-0.1, -0.05) is 0 Å². The Bertz CT molecular complexity index is 300. The Morgan fingerprint density at radius 3 is 2.92 bits per heavy atom. The minimum atomic E-state index is 0.381. The van der Waals surface area contributed by atoms with Crippen molar-refractivity contribution < 1.29 is 4.79 Å². The highest BCUT2D eigenvalue weighted by atomic mass is 79.9. The molecule has 0 aromatic carbocycles. The summed E-state index contributed by atoms with van der Waals surface area (Å²) < 4.78 is 2.87. The molecule has 0 unspecified atom stereocenters. The van der Waals surface area contributed by atoms with Crippen LogP contribution in [0.25, 0.3) is 0 Å². The van der Waals surface area contributed by atoms with Gasteiger partial charge in [-0.2, -0.15) is 5.10 Å². The van der Waals surface area contributed by atoms with Crippen LogP contribution in [0.4, 0.5) is 0 Å². The van der Waals surface area contributed by atoms with E-state index in [4.69, 9.17) is 0 Å². The molecule has 0 saturated heterocycles. The number of carbonyl (C=O) groups excluding carboxylic acids is 1. The summed E-state index contributed by atoms with van der Waals surface area (Å²) in [7, 11) is 0. The number of ketones is 1. The van der Waals surface area contributed by atoms with Crippen LogP contribution >= 0.6 is 15.9 Å². The zero-order valence-corrected chi connectivity index (χ0v) is 8.12. The topological polar surface area (TPSA) is 34.9 Å². The average Bonchev–Trinajstić information content (AvgIpc) is 2.33. The molecule has 0 bridgehead atoms. The summed E-state index contributed by atoms with van der Waals surface area (Å²) in [4.78, 5) is 10.7. The normalized spacial score (nSPS) is 17.9. The van der Waals surface area contributed by atoms with Crippen molar-refractivity contribution in [1.29, 1.82) is 0 Å². The fourth-order valence-corrected chi connectivity index (χ4v) is 1.74. The second-order valence-electron chi connectivity index (χ2n) is 3.19. The van der Waals surface area contributed by atoms with Gasteiger partial charge in [0.25, 0.3) is 0 Å². The number of carbonyl (C=O) groups is 1. The van der Waals surface area contributed by atoms with E-state index in [1.807, 2.05) is 10.9 Å². The van der Waals surface area contributed by atoms with Crippen LogP contribution in [0.15, 0.2) is 16.9 Å². The number of hydrogen-bond acceptors (Lipinski definition) is 2. The van der Waals surface area contributed by atoms with E-state index in [9.17, 15) is 4.79 Å². The molecule has 1 saturated carbocycles. The maximum absolute atomic E-state index is 10.7. The summed E-state index contributed by atoms with van der Waals surface area (Å²) >= 11 is 3.32. The van der Waals surface area contributed by atoms with Gasteiger partial charge in [0.15, 0.2) is 0 Å². The van der Waals surface area contributed by atoms with E-state index in [-0.39, 0.29) is 0 Å². The summed E-state index contributed by atoms with van der Waals surface area (Å²) in [5.41, 5.74) is 0. The SMILES string of the molecule is O=C1CC(Cn2cc(Br)cn2)C1. The van der Waals surface area contributed by atoms with Crippen LogP contribution in [0, 0.1) is 5.92 Å². The van der Waals surface area contributed by atoms with E-state index in [1.165, 1.54) is 0 Å². The van der Waals surface area contributed by atoms with Gasteiger partial charge in [-0.25, -0.2) is 0 Å². The van der Waals surface area contributed by atoms with E-state index in [0.29, 0.717) is 11.7 Å². The molecule has 1 fully saturated rings. The molecule has 1 aliphatic rings. The molecule has 3 nitrogen and oxygen atoms in total. The number of hydrogen-bond donors (Lipinski definition) is 0. The van der Waals surface area contributed by atoms with Gasteiger partial charge in [0.1, 0.15) is 5.78 Å². The first-order valence-corrected chi connectivity index (χ1v) is 4.73. The second kappa shape index (κ2) is 3.01. The van der Waals surface area contributed by atoms with Gasteiger partial charge >= 0.3 is 0 Å². The zero-order valence-electron chi connectivity index (χ0n) is 6.53. The third-order valence-corrected chi connectivity index (χ3v) is 2.49. The quantitative estimate of drug-likeness (QED) is 0.772. The summed E-state index contributed by atoms with van der Waals surface area (Å²) in [5, 5.41) is 4.12. The fraction of sp³-hybridized carbons (Fsp3) is 0.500. The standard InChI is InChI=1S/C8H9BrN2O/c9-7-3-10-11(5-7)4-6-1-8(12)2-6/h3,5-6H,1-2,4H2. The lowest BCUT2D eigenvalue weighted by molar-refractivity contribution is -0.127. The molecule has 2 rings (SSSR count). The third-order valence-electron chi connectivity index (χ3n) is 2.08. The second-order valence-corrected chi connectivity index (χ2v) is 4.11. The molecule has 0 N–H and O–H groups in total. The number of Topliss-reactive ketones (excluding diaryl/α,β-unsaturated/α-hetero) is 1. The maximum Gasteiger partial charge on any atom is 0.133 e. The Hall–Kier alpha value is -0.640. The lowest BCUT2D eigenvalue weighted by atomic mass is 9.84. The molecular weight excluding hydrogens is 220 g/mol. The van der Waals surface area contributed by atoms with Crippen molar-refractivity contribution >= 4 is 21.7 Å². The predicted molar refractivity (Wildman–Crippen MR) is 47.7 cm³/mol. The molecule has 0 atom stereocenters. The van der Waals surface area contributed by atoms with Gasteiger partial charge < -0.3 is 0 Å².